The van der Waals surface area contributed by atoms with E-state index >= 15 is 0 Å². The van der Waals surface area contributed by atoms with Crippen LogP contribution in [0.15, 0.2) is 0 Å². The molecule has 0 aliphatic rings. The van der Waals surface area contributed by atoms with Gasteiger partial charge < -0.3 is 19.3 Å². The van der Waals surface area contributed by atoms with Gasteiger partial charge in [0.2, 0.25) is 11.8 Å². The molecule has 0 aliphatic heterocycles. The maximum absolute atomic E-state index is 12.9. The van der Waals surface area contributed by atoms with Gasteiger partial charge in [-0.1, -0.05) is 279 Å². The minimum atomic E-state index is -0.0301. The molecule has 0 bridgehead atoms. The number of esters is 2. The average molecular weight is 1260 g/mol. The zero-order valence-electron chi connectivity index (χ0n) is 54.3. The quantitative estimate of drug-likeness (QED) is 0.0342. The molecule has 0 heterocycles. The van der Waals surface area contributed by atoms with Crippen LogP contribution in [0.5, 0.6) is 0 Å². The number of carbonyl (C=O) groups excluding carboxylic acids is 4. The lowest BCUT2D eigenvalue weighted by molar-refractivity contribution is -0.146. The van der Waals surface area contributed by atoms with Gasteiger partial charge in [-0.05, 0) is 102 Å². The third kappa shape index (κ3) is 58.6. The van der Waals surface area contributed by atoms with Gasteiger partial charge in [0, 0.05) is 62.5 Å². The van der Waals surface area contributed by atoms with Crippen LogP contribution in [0.3, 0.4) is 0 Å². The Bertz CT molecular complexity index is 1210. The number of ether oxygens (including phenoxy) is 2. The molecule has 8 nitrogen and oxygen atoms in total. The highest BCUT2D eigenvalue weighted by Gasteiger charge is 2.17. The van der Waals surface area contributed by atoms with Crippen LogP contribution in [-0.2, 0) is 28.7 Å². The minimum absolute atomic E-state index is 0.0301. The van der Waals surface area contributed by atoms with Gasteiger partial charge in [0.1, 0.15) is 0 Å². The summed E-state index contributed by atoms with van der Waals surface area (Å²) in [5.74, 6) is 1.64. The van der Waals surface area contributed by atoms with Gasteiger partial charge in [-0.15, -0.1) is 0 Å². The number of carbonyl (C=O) groups is 4. The first-order valence-electron chi connectivity index (χ1n) is 35.2. The van der Waals surface area contributed by atoms with Crippen molar-refractivity contribution in [2.75, 3.05) is 50.1 Å². The zero-order chi connectivity index (χ0) is 59.0. The number of unbranched alkanes of at least 4 members (excludes halogenated alkanes) is 32. The summed E-state index contributed by atoms with van der Waals surface area (Å²) in [5.41, 5.74) is 0. The summed E-state index contributed by atoms with van der Waals surface area (Å²) < 4.78 is 11.5. The van der Waals surface area contributed by atoms with E-state index < -0.39 is 0 Å². The Kier molecular flexibility index (Phi) is 67.7. The van der Waals surface area contributed by atoms with Crippen LogP contribution in [0.25, 0.3) is 0 Å². The number of alkyl halides is 2. The largest absolute Gasteiger partial charge is 0.465 e. The van der Waals surface area contributed by atoms with Crippen molar-refractivity contribution in [3.05, 3.63) is 0 Å². The lowest BCUT2D eigenvalue weighted by Crippen LogP contribution is -2.32. The maximum atomic E-state index is 12.9. The Morgan fingerprint density at radius 2 is 0.512 bits per heavy atom. The van der Waals surface area contributed by atoms with Gasteiger partial charge in [0.05, 0.1) is 13.2 Å². The zero-order valence-corrected chi connectivity index (χ0v) is 57.4. The molecule has 0 radical (unpaired) electrons. The van der Waals surface area contributed by atoms with E-state index in [0.717, 1.165) is 114 Å². The predicted molar refractivity (Wildman–Crippen MR) is 355 cm³/mol. The number of hydrogen-bond acceptors (Lipinski definition) is 6. The third-order valence-corrected chi connectivity index (χ3v) is 17.4. The highest BCUT2D eigenvalue weighted by Crippen LogP contribution is 2.22. The standard InChI is InChI=1S/2C35H68BrNO3/c2*1-4-7-10-13-14-19-26-33(25-18-11-8-5-2)32-40-35(39)28-21-17-24-31-37(30-23-12-9-6-3)34(38)27-20-15-16-22-29-36/h2*33H,4-32H2,1-3H3. The summed E-state index contributed by atoms with van der Waals surface area (Å²) in [4.78, 5) is 54.9. The van der Waals surface area contributed by atoms with Gasteiger partial charge in [0.25, 0.3) is 0 Å². The van der Waals surface area contributed by atoms with E-state index in [0.29, 0.717) is 62.5 Å². The molecule has 0 aromatic rings. The Morgan fingerprint density at radius 1 is 0.287 bits per heavy atom. The molecule has 2 amide bonds. The molecule has 0 rings (SSSR count). The first-order chi connectivity index (χ1) is 39.2. The molecule has 0 aromatic heterocycles. The maximum Gasteiger partial charge on any atom is 0.305 e. The fourth-order valence-corrected chi connectivity index (χ4v) is 11.6. The fourth-order valence-electron chi connectivity index (χ4n) is 10.8. The van der Waals surface area contributed by atoms with E-state index in [1.165, 1.54) is 218 Å². The van der Waals surface area contributed by atoms with Crippen molar-refractivity contribution in [2.45, 2.75) is 363 Å². The summed E-state index contributed by atoms with van der Waals surface area (Å²) in [6.45, 7) is 18.2. The molecular weight excluding hydrogens is 1120 g/mol. The number of amides is 2. The lowest BCUT2D eigenvalue weighted by atomic mass is 9.95. The van der Waals surface area contributed by atoms with Gasteiger partial charge >= 0.3 is 11.9 Å². The normalized spacial score (nSPS) is 12.0. The van der Waals surface area contributed by atoms with Crippen molar-refractivity contribution in [2.24, 2.45) is 11.8 Å². The smallest absolute Gasteiger partial charge is 0.305 e. The average Bonchev–Trinajstić information content (AvgIpc) is 3.46. The van der Waals surface area contributed by atoms with Crippen molar-refractivity contribution in [3.63, 3.8) is 0 Å². The van der Waals surface area contributed by atoms with Gasteiger partial charge in [-0.3, -0.25) is 19.2 Å². The minimum Gasteiger partial charge on any atom is -0.465 e. The monoisotopic (exact) mass is 1260 g/mol. The number of halogens is 2. The predicted octanol–water partition coefficient (Wildman–Crippen LogP) is 22.4. The third-order valence-electron chi connectivity index (χ3n) is 16.3. The van der Waals surface area contributed by atoms with E-state index in [-0.39, 0.29) is 11.9 Å². The van der Waals surface area contributed by atoms with Crippen molar-refractivity contribution in [1.29, 1.82) is 0 Å². The molecule has 0 saturated carbocycles. The second kappa shape index (κ2) is 67.0. The lowest BCUT2D eigenvalue weighted by Gasteiger charge is -2.23. The van der Waals surface area contributed by atoms with Crippen LogP contribution in [0.4, 0.5) is 0 Å². The molecule has 2 unspecified atom stereocenters. The molecule has 0 spiro atoms. The van der Waals surface area contributed by atoms with Gasteiger partial charge in [-0.25, -0.2) is 0 Å². The molecule has 0 aliphatic carbocycles. The molecular formula is C70H136Br2N2O6. The summed E-state index contributed by atoms with van der Waals surface area (Å²) in [7, 11) is 0. The Balaban J connectivity index is 0. The first kappa shape index (κ1) is 80.9. The Hall–Kier alpha value is -1.16. The van der Waals surface area contributed by atoms with Crippen molar-refractivity contribution in [3.8, 4) is 0 Å². The Labute approximate surface area is 515 Å². The summed E-state index contributed by atoms with van der Waals surface area (Å²) >= 11 is 6.97. The number of hydrogen-bond donors (Lipinski definition) is 0. The van der Waals surface area contributed by atoms with Gasteiger partial charge in [0.15, 0.2) is 0 Å². The van der Waals surface area contributed by atoms with Crippen LogP contribution in [0.2, 0.25) is 0 Å². The van der Waals surface area contributed by atoms with Crippen LogP contribution in [0.1, 0.15) is 363 Å². The van der Waals surface area contributed by atoms with Crippen LogP contribution >= 0.6 is 31.9 Å². The SMILES string of the molecule is CCCCCCCCC(CCCCCC)COC(=O)CCCCCN(CCCCCC)C(=O)CCCCCCBr.CCCCCCCCC(CCCCCC)COC(=O)CCCCCN(CCCCCC)C(=O)CCCCCCBr. The van der Waals surface area contributed by atoms with Crippen LogP contribution in [0, 0.1) is 11.8 Å². The number of nitrogens with zero attached hydrogens (tertiary/aromatic N) is 2. The van der Waals surface area contributed by atoms with E-state index in [1.807, 2.05) is 0 Å². The van der Waals surface area contributed by atoms with Crippen molar-refractivity contribution in [1.82, 2.24) is 9.80 Å². The van der Waals surface area contributed by atoms with Crippen molar-refractivity contribution >= 4 is 55.6 Å². The van der Waals surface area contributed by atoms with Crippen LogP contribution < -0.4 is 0 Å². The second-order valence-electron chi connectivity index (χ2n) is 24.1. The molecule has 476 valence electrons. The van der Waals surface area contributed by atoms with E-state index in [1.54, 1.807) is 0 Å². The molecule has 2 atom stereocenters. The molecule has 0 fully saturated rings. The summed E-state index contributed by atoms with van der Waals surface area (Å²) in [5, 5.41) is 2.10. The van der Waals surface area contributed by atoms with E-state index in [2.05, 4.69) is 83.2 Å². The summed E-state index contributed by atoms with van der Waals surface area (Å²) in [6.07, 6.45) is 57.5. The van der Waals surface area contributed by atoms with E-state index in [9.17, 15) is 19.2 Å². The molecule has 0 aromatic carbocycles. The van der Waals surface area contributed by atoms with Crippen LogP contribution in [-0.4, -0.2) is 83.6 Å². The van der Waals surface area contributed by atoms with Gasteiger partial charge in [-0.2, -0.15) is 0 Å². The molecule has 80 heavy (non-hydrogen) atoms. The van der Waals surface area contributed by atoms with Crippen molar-refractivity contribution < 1.29 is 28.7 Å². The van der Waals surface area contributed by atoms with E-state index in [4.69, 9.17) is 9.47 Å². The second-order valence-corrected chi connectivity index (χ2v) is 25.7. The first-order valence-corrected chi connectivity index (χ1v) is 37.4. The number of rotatable bonds is 62. The topological polar surface area (TPSA) is 93.2 Å². The highest BCUT2D eigenvalue weighted by atomic mass is 79.9. The molecule has 0 N–H and O–H groups in total. The molecule has 10 heteroatoms. The Morgan fingerprint density at radius 3 is 0.812 bits per heavy atom. The molecule has 0 saturated heterocycles. The fraction of sp³-hybridized carbons (Fsp3) is 0.943. The highest BCUT2D eigenvalue weighted by molar-refractivity contribution is 9.09. The summed E-state index contributed by atoms with van der Waals surface area (Å²) in [6, 6.07) is 0.